The molecule has 1 heterocycles. The molecule has 0 atom stereocenters. The van der Waals surface area contributed by atoms with Gasteiger partial charge in [-0.25, -0.2) is 17.5 Å². The van der Waals surface area contributed by atoms with Crippen molar-refractivity contribution in [3.8, 4) is 0 Å². The zero-order chi connectivity index (χ0) is 19.8. The van der Waals surface area contributed by atoms with Gasteiger partial charge in [0, 0.05) is 13.1 Å². The predicted octanol–water partition coefficient (Wildman–Crippen LogP) is 2.52. The zero-order valence-electron chi connectivity index (χ0n) is 14.9. The van der Waals surface area contributed by atoms with Gasteiger partial charge in [0.25, 0.3) is 11.8 Å². The first-order valence-corrected chi connectivity index (χ1v) is 9.95. The highest BCUT2D eigenvalue weighted by Crippen LogP contribution is 2.24. The summed E-state index contributed by atoms with van der Waals surface area (Å²) < 4.78 is 40.9. The number of sulfonamides is 1. The second-order valence-electron chi connectivity index (χ2n) is 6.55. The fourth-order valence-electron chi connectivity index (χ4n) is 2.90. The number of fused-ring (bicyclic) bond motifs is 1. The van der Waals surface area contributed by atoms with Gasteiger partial charge in [-0.15, -0.1) is 0 Å². The van der Waals surface area contributed by atoms with E-state index >= 15 is 0 Å². The molecule has 0 radical (unpaired) electrons. The van der Waals surface area contributed by atoms with Crippen LogP contribution in [0.25, 0.3) is 0 Å². The molecule has 0 spiro atoms. The van der Waals surface area contributed by atoms with Crippen molar-refractivity contribution in [3.05, 3.63) is 65.0 Å². The van der Waals surface area contributed by atoms with Crippen LogP contribution in [0.15, 0.2) is 47.4 Å². The Bertz CT molecular complexity index is 1000. The minimum absolute atomic E-state index is 0.00729. The Balaban J connectivity index is 1.67. The molecule has 1 N–H and O–H groups in total. The van der Waals surface area contributed by atoms with E-state index in [0.29, 0.717) is 0 Å². The Hall–Kier alpha value is -2.58. The van der Waals surface area contributed by atoms with E-state index < -0.39 is 27.7 Å². The molecule has 0 bridgehead atoms. The zero-order valence-corrected chi connectivity index (χ0v) is 15.7. The molecule has 27 heavy (non-hydrogen) atoms. The van der Waals surface area contributed by atoms with E-state index in [9.17, 15) is 22.4 Å². The van der Waals surface area contributed by atoms with Crippen molar-refractivity contribution in [1.29, 1.82) is 0 Å². The minimum Gasteiger partial charge on any atom is -0.273 e. The van der Waals surface area contributed by atoms with Gasteiger partial charge in [0.05, 0.1) is 16.0 Å². The molecule has 6 nitrogen and oxygen atoms in total. The summed E-state index contributed by atoms with van der Waals surface area (Å²) in [5.74, 6) is -1.87. The van der Waals surface area contributed by atoms with Crippen LogP contribution < -0.4 is 4.72 Å². The van der Waals surface area contributed by atoms with Crippen LogP contribution in [0.1, 0.15) is 46.0 Å². The van der Waals surface area contributed by atoms with Crippen LogP contribution in [0.4, 0.5) is 4.39 Å². The number of hydrogen-bond donors (Lipinski definition) is 1. The number of benzene rings is 2. The molecule has 0 unspecified atom stereocenters. The lowest BCUT2D eigenvalue weighted by molar-refractivity contribution is 0.0656. The van der Waals surface area contributed by atoms with Crippen molar-refractivity contribution in [2.45, 2.75) is 24.7 Å². The maximum atomic E-state index is 13.8. The molecule has 8 heteroatoms. The predicted molar refractivity (Wildman–Crippen MR) is 97.5 cm³/mol. The van der Waals surface area contributed by atoms with E-state index in [0.717, 1.165) is 16.5 Å². The highest BCUT2D eigenvalue weighted by molar-refractivity contribution is 7.89. The van der Waals surface area contributed by atoms with E-state index in [-0.39, 0.29) is 35.0 Å². The Kier molecular flexibility index (Phi) is 5.12. The van der Waals surface area contributed by atoms with Crippen LogP contribution in [0, 0.1) is 5.82 Å². The molecule has 1 aliphatic rings. The van der Waals surface area contributed by atoms with Crippen LogP contribution in [-0.4, -0.2) is 38.2 Å². The van der Waals surface area contributed by atoms with Gasteiger partial charge < -0.3 is 0 Å². The Morgan fingerprint density at radius 1 is 1.04 bits per heavy atom. The summed E-state index contributed by atoms with van der Waals surface area (Å²) in [6, 6.07) is 10.3. The first-order chi connectivity index (χ1) is 12.7. The Labute approximate surface area is 157 Å². The third-order valence-electron chi connectivity index (χ3n) is 4.43. The molecule has 0 saturated heterocycles. The number of carbonyl (C=O) groups excluding carboxylic acids is 2. The maximum Gasteiger partial charge on any atom is 0.264 e. The number of nitrogens with one attached hydrogen (secondary N) is 1. The van der Waals surface area contributed by atoms with E-state index in [1.807, 2.05) is 13.8 Å². The molecule has 0 fully saturated rings. The quantitative estimate of drug-likeness (QED) is 0.769. The van der Waals surface area contributed by atoms with Gasteiger partial charge in [-0.05, 0) is 35.7 Å². The van der Waals surface area contributed by atoms with E-state index in [2.05, 4.69) is 4.72 Å². The normalized spacial score (nSPS) is 14.1. The summed E-state index contributed by atoms with van der Waals surface area (Å²) in [6.07, 6.45) is 0. The summed E-state index contributed by atoms with van der Waals surface area (Å²) in [6.45, 7) is 3.66. The molecule has 142 valence electrons. The van der Waals surface area contributed by atoms with Gasteiger partial charge in [-0.2, -0.15) is 0 Å². The van der Waals surface area contributed by atoms with Crippen molar-refractivity contribution in [3.63, 3.8) is 0 Å². The molecule has 0 aromatic heterocycles. The van der Waals surface area contributed by atoms with Crippen LogP contribution in [-0.2, 0) is 10.0 Å². The average Bonchev–Trinajstić information content (AvgIpc) is 2.87. The van der Waals surface area contributed by atoms with Gasteiger partial charge in [-0.3, -0.25) is 14.5 Å². The largest absolute Gasteiger partial charge is 0.273 e. The van der Waals surface area contributed by atoms with Crippen LogP contribution in [0.2, 0.25) is 0 Å². The van der Waals surface area contributed by atoms with Crippen molar-refractivity contribution >= 4 is 21.8 Å². The Morgan fingerprint density at radius 3 is 2.30 bits per heavy atom. The van der Waals surface area contributed by atoms with Crippen LogP contribution in [0.5, 0.6) is 0 Å². The molecule has 1 aliphatic heterocycles. The lowest BCUT2D eigenvalue weighted by atomic mass is 10.0. The molecule has 0 saturated carbocycles. The van der Waals surface area contributed by atoms with Crippen LogP contribution >= 0.6 is 0 Å². The number of nitrogens with zero attached hydrogens (tertiary/aromatic N) is 1. The highest BCUT2D eigenvalue weighted by atomic mass is 32.2. The summed E-state index contributed by atoms with van der Waals surface area (Å²) in [7, 11) is -3.78. The number of imide groups is 1. The monoisotopic (exact) mass is 390 g/mol. The number of hydrogen-bond acceptors (Lipinski definition) is 4. The molecule has 0 aliphatic carbocycles. The minimum atomic E-state index is -3.78. The van der Waals surface area contributed by atoms with Crippen molar-refractivity contribution in [1.82, 2.24) is 9.62 Å². The van der Waals surface area contributed by atoms with E-state index in [1.165, 1.54) is 24.3 Å². The standard InChI is InChI=1S/C19H19FN2O4S/c1-12(2)13-6-8-14(9-7-13)27(25,26)21-10-11-22-18(23)15-4-3-5-16(20)17(15)19(22)24/h3-9,12,21H,10-11H2,1-2H3. The summed E-state index contributed by atoms with van der Waals surface area (Å²) in [5.41, 5.74) is 0.740. The van der Waals surface area contributed by atoms with Gasteiger partial charge in [0.2, 0.25) is 10.0 Å². The number of carbonyl (C=O) groups is 2. The fraction of sp³-hybridized carbons (Fsp3) is 0.263. The molecule has 2 amide bonds. The number of rotatable bonds is 6. The van der Waals surface area contributed by atoms with Crippen molar-refractivity contribution in [2.24, 2.45) is 0 Å². The lowest BCUT2D eigenvalue weighted by Crippen LogP contribution is -2.38. The molecule has 2 aromatic rings. The summed E-state index contributed by atoms with van der Waals surface area (Å²) in [4.78, 5) is 25.4. The topological polar surface area (TPSA) is 83.6 Å². The first-order valence-electron chi connectivity index (χ1n) is 8.46. The second-order valence-corrected chi connectivity index (χ2v) is 8.31. The highest BCUT2D eigenvalue weighted by Gasteiger charge is 2.37. The third kappa shape index (κ3) is 3.63. The molecular weight excluding hydrogens is 371 g/mol. The fourth-order valence-corrected chi connectivity index (χ4v) is 3.92. The molecule has 3 rings (SSSR count). The Morgan fingerprint density at radius 2 is 1.70 bits per heavy atom. The second kappa shape index (κ2) is 7.21. The van der Waals surface area contributed by atoms with Crippen LogP contribution in [0.3, 0.4) is 0 Å². The SMILES string of the molecule is CC(C)c1ccc(S(=O)(=O)NCCN2C(=O)c3cccc(F)c3C2=O)cc1. The average molecular weight is 390 g/mol. The summed E-state index contributed by atoms with van der Waals surface area (Å²) >= 11 is 0. The molecular formula is C19H19FN2O4S. The van der Waals surface area contributed by atoms with Gasteiger partial charge in [0.1, 0.15) is 5.82 Å². The third-order valence-corrected chi connectivity index (χ3v) is 5.91. The van der Waals surface area contributed by atoms with Crippen molar-refractivity contribution in [2.75, 3.05) is 13.1 Å². The van der Waals surface area contributed by atoms with Gasteiger partial charge in [0.15, 0.2) is 0 Å². The van der Waals surface area contributed by atoms with E-state index in [1.54, 1.807) is 12.1 Å². The number of amides is 2. The van der Waals surface area contributed by atoms with Crippen molar-refractivity contribution < 1.29 is 22.4 Å². The maximum absolute atomic E-state index is 13.8. The first kappa shape index (κ1) is 19.2. The van der Waals surface area contributed by atoms with Gasteiger partial charge >= 0.3 is 0 Å². The molecule has 2 aromatic carbocycles. The summed E-state index contributed by atoms with van der Waals surface area (Å²) in [5, 5.41) is 0. The lowest BCUT2D eigenvalue weighted by Gasteiger charge is -2.14. The number of halogens is 1. The van der Waals surface area contributed by atoms with E-state index in [4.69, 9.17) is 0 Å². The smallest absolute Gasteiger partial charge is 0.264 e. The van der Waals surface area contributed by atoms with Gasteiger partial charge in [-0.1, -0.05) is 32.0 Å².